The molecule has 2 fully saturated rings. The van der Waals surface area contributed by atoms with Crippen LogP contribution in [0.4, 0.5) is 11.9 Å². The van der Waals surface area contributed by atoms with Crippen LogP contribution in [0.25, 0.3) is 22.1 Å². The fourth-order valence-electron chi connectivity index (χ4n) is 6.92. The molecule has 0 bridgehead atoms. The highest BCUT2D eigenvalue weighted by Gasteiger charge is 2.28. The number of H-pyrrole nitrogens is 2. The Balaban J connectivity index is 0.000000177. The Morgan fingerprint density at radius 2 is 1.19 bits per heavy atom. The van der Waals surface area contributed by atoms with Crippen LogP contribution >= 0.6 is 46.4 Å². The van der Waals surface area contributed by atoms with Gasteiger partial charge in [-0.05, 0) is 82.3 Å². The number of aromatic nitrogens is 8. The van der Waals surface area contributed by atoms with E-state index >= 15 is 0 Å². The highest BCUT2D eigenvalue weighted by Crippen LogP contribution is 2.31. The summed E-state index contributed by atoms with van der Waals surface area (Å²) in [6.07, 6.45) is 8.79. The van der Waals surface area contributed by atoms with E-state index in [9.17, 15) is 14.4 Å². The number of hydrogen-bond donors (Lipinski definition) is 4. The van der Waals surface area contributed by atoms with Crippen LogP contribution in [0.2, 0.25) is 20.1 Å². The van der Waals surface area contributed by atoms with E-state index in [0.29, 0.717) is 79.2 Å². The molecule has 2 aromatic carbocycles. The Kier molecular flexibility index (Phi) is 13.9. The minimum atomic E-state index is -0.192. The Labute approximate surface area is 349 Å². The lowest BCUT2D eigenvalue weighted by atomic mass is 10.2. The maximum Gasteiger partial charge on any atom is 0.278 e. The minimum Gasteiger partial charge on any atom is -0.352 e. The number of nitrogens with zero attached hydrogens (tertiary/aromatic N) is 7. The number of hydrogen-bond acceptors (Lipinski definition) is 10. The number of ketones is 1. The van der Waals surface area contributed by atoms with Gasteiger partial charge in [0, 0.05) is 32.2 Å². The van der Waals surface area contributed by atoms with Crippen molar-refractivity contribution in [1.82, 2.24) is 44.4 Å². The molecule has 4 N–H and O–H groups in total. The Bertz CT molecular complexity index is 2470. The summed E-state index contributed by atoms with van der Waals surface area (Å²) in [5.41, 5.74) is 3.78. The Hall–Kier alpha value is -4.47. The minimum absolute atomic E-state index is 0.167. The number of fused-ring (bicyclic) bond motifs is 2. The third-order valence-corrected chi connectivity index (χ3v) is 11.2. The molecule has 2 aliphatic rings. The average molecular weight is 858 g/mol. The Morgan fingerprint density at radius 1 is 0.737 bits per heavy atom. The monoisotopic (exact) mass is 855 g/mol. The lowest BCUT2D eigenvalue weighted by Gasteiger charge is -2.20. The van der Waals surface area contributed by atoms with E-state index in [0.717, 1.165) is 43.5 Å². The summed E-state index contributed by atoms with van der Waals surface area (Å²) in [6, 6.07) is 11.8. The zero-order chi connectivity index (χ0) is 40.8. The SMILES string of the molecule is CC(C)=O.CC(C)N1CCC(n2ncc3nc(NCc4ccc(Cl)c(Cl)c4)[nH]c(=O)c32)C1.O=c1[nH]c(NCc2ccc(Cl)c(Cl)c2)nc2cnn(C3CCCC3)c12. The van der Waals surface area contributed by atoms with Crippen LogP contribution in [-0.2, 0) is 17.9 Å². The molecule has 1 aliphatic carbocycles. The van der Waals surface area contributed by atoms with Crippen molar-refractivity contribution >= 4 is 86.2 Å². The number of rotatable bonds is 9. The van der Waals surface area contributed by atoms with Crippen molar-refractivity contribution in [3.05, 3.63) is 101 Å². The quantitative estimate of drug-likeness (QED) is 0.111. The second-order valence-corrected chi connectivity index (χ2v) is 16.2. The van der Waals surface area contributed by atoms with Gasteiger partial charge in [0.2, 0.25) is 11.9 Å². The molecule has 302 valence electrons. The number of nitrogens with one attached hydrogen (secondary N) is 4. The van der Waals surface area contributed by atoms with E-state index in [4.69, 9.17) is 46.4 Å². The summed E-state index contributed by atoms with van der Waals surface area (Å²) in [7, 11) is 0. The fourth-order valence-corrected chi connectivity index (χ4v) is 7.56. The summed E-state index contributed by atoms with van der Waals surface area (Å²) in [4.78, 5) is 51.7. The van der Waals surface area contributed by atoms with Gasteiger partial charge < -0.3 is 15.4 Å². The van der Waals surface area contributed by atoms with Gasteiger partial charge in [0.1, 0.15) is 16.8 Å². The first-order chi connectivity index (χ1) is 27.3. The number of halogens is 4. The highest BCUT2D eigenvalue weighted by molar-refractivity contribution is 6.42. The van der Waals surface area contributed by atoms with Crippen LogP contribution in [0.3, 0.4) is 0 Å². The first-order valence-corrected chi connectivity index (χ1v) is 20.3. The molecule has 8 rings (SSSR count). The van der Waals surface area contributed by atoms with Gasteiger partial charge in [0.25, 0.3) is 11.1 Å². The van der Waals surface area contributed by atoms with Gasteiger partial charge in [-0.1, -0.05) is 71.4 Å². The molecule has 5 heterocycles. The normalized spacial score (nSPS) is 15.8. The van der Waals surface area contributed by atoms with E-state index in [1.165, 1.54) is 26.7 Å². The molecule has 1 saturated carbocycles. The summed E-state index contributed by atoms with van der Waals surface area (Å²) < 4.78 is 3.66. The zero-order valence-corrected chi connectivity index (χ0v) is 35.1. The first kappa shape index (κ1) is 42.1. The number of benzene rings is 2. The van der Waals surface area contributed by atoms with Crippen molar-refractivity contribution in [3.63, 3.8) is 0 Å². The van der Waals surface area contributed by atoms with Gasteiger partial charge in [0.05, 0.1) is 44.6 Å². The van der Waals surface area contributed by atoms with Gasteiger partial charge in [-0.25, -0.2) is 9.97 Å². The molecular formula is C39H45Cl4N11O3. The average Bonchev–Trinajstić information content (AvgIpc) is 3.99. The second kappa shape index (κ2) is 18.9. The number of aromatic amines is 2. The largest absolute Gasteiger partial charge is 0.352 e. The lowest BCUT2D eigenvalue weighted by Crippen LogP contribution is -2.29. The van der Waals surface area contributed by atoms with E-state index in [-0.39, 0.29) is 22.9 Å². The summed E-state index contributed by atoms with van der Waals surface area (Å²) >= 11 is 23.9. The number of carbonyl (C=O) groups excluding carboxylic acids is 1. The van der Waals surface area contributed by atoms with Crippen molar-refractivity contribution in [2.45, 2.75) is 91.0 Å². The van der Waals surface area contributed by atoms with E-state index in [1.54, 1.807) is 36.7 Å². The maximum atomic E-state index is 12.7. The first-order valence-electron chi connectivity index (χ1n) is 18.8. The number of carbonyl (C=O) groups is 1. The van der Waals surface area contributed by atoms with Gasteiger partial charge in [-0.3, -0.25) is 33.8 Å². The molecular weight excluding hydrogens is 812 g/mol. The van der Waals surface area contributed by atoms with Gasteiger partial charge in [-0.15, -0.1) is 0 Å². The van der Waals surface area contributed by atoms with Crippen molar-refractivity contribution in [3.8, 4) is 0 Å². The van der Waals surface area contributed by atoms with Crippen LogP contribution in [-0.4, -0.2) is 69.3 Å². The zero-order valence-electron chi connectivity index (χ0n) is 32.1. The molecule has 0 amide bonds. The molecule has 0 spiro atoms. The van der Waals surface area contributed by atoms with Crippen molar-refractivity contribution in [2.75, 3.05) is 23.7 Å². The third kappa shape index (κ3) is 10.5. The van der Waals surface area contributed by atoms with Crippen LogP contribution < -0.4 is 21.8 Å². The van der Waals surface area contributed by atoms with Crippen LogP contribution in [0.1, 0.15) is 83.0 Å². The maximum absolute atomic E-state index is 12.7. The molecule has 18 heteroatoms. The van der Waals surface area contributed by atoms with Gasteiger partial charge in [0.15, 0.2) is 11.0 Å². The van der Waals surface area contributed by atoms with E-state index < -0.39 is 0 Å². The molecule has 0 radical (unpaired) electrons. The van der Waals surface area contributed by atoms with Gasteiger partial charge >= 0.3 is 0 Å². The topological polar surface area (TPSA) is 172 Å². The van der Waals surface area contributed by atoms with Crippen LogP contribution in [0, 0.1) is 0 Å². The molecule has 1 unspecified atom stereocenters. The van der Waals surface area contributed by atoms with Crippen LogP contribution in [0.15, 0.2) is 58.4 Å². The smallest absolute Gasteiger partial charge is 0.278 e. The molecule has 4 aromatic heterocycles. The molecule has 14 nitrogen and oxygen atoms in total. The summed E-state index contributed by atoms with van der Waals surface area (Å²) in [5.74, 6) is 0.980. The number of likely N-dealkylation sites (tertiary alicyclic amines) is 1. The van der Waals surface area contributed by atoms with E-state index in [2.05, 4.69) is 59.5 Å². The van der Waals surface area contributed by atoms with Crippen molar-refractivity contribution in [2.24, 2.45) is 0 Å². The van der Waals surface area contributed by atoms with Crippen LogP contribution in [0.5, 0.6) is 0 Å². The predicted octanol–water partition coefficient (Wildman–Crippen LogP) is 8.44. The summed E-state index contributed by atoms with van der Waals surface area (Å²) in [5, 5.41) is 17.1. The second-order valence-electron chi connectivity index (χ2n) is 14.6. The number of Topliss-reactive ketones (excluding diaryl/α,β-unsaturated/α-hetero) is 1. The molecule has 1 saturated heterocycles. The molecule has 1 atom stereocenters. The molecule has 6 aromatic rings. The molecule has 1 aliphatic heterocycles. The molecule has 57 heavy (non-hydrogen) atoms. The Morgan fingerprint density at radius 3 is 1.61 bits per heavy atom. The lowest BCUT2D eigenvalue weighted by molar-refractivity contribution is -0.115. The third-order valence-electron chi connectivity index (χ3n) is 9.74. The van der Waals surface area contributed by atoms with Crippen molar-refractivity contribution < 1.29 is 4.79 Å². The van der Waals surface area contributed by atoms with E-state index in [1.807, 2.05) is 21.5 Å². The summed E-state index contributed by atoms with van der Waals surface area (Å²) in [6.45, 7) is 10.3. The van der Waals surface area contributed by atoms with Crippen molar-refractivity contribution in [1.29, 1.82) is 0 Å². The number of anilines is 2. The standard InChI is InChI=1S/C19H22Cl2N6O.C17H17Cl2N5O.C3H6O/c1-11(2)26-6-5-13(10-26)27-17-16(9-23-27)24-19(25-18(17)28)22-8-12-3-4-14(20)15(21)7-12;18-12-6-5-10(7-13(12)19)8-20-17-22-14-9-21-24(11-3-1-2-4-11)15(14)16(25)23-17;1-3(2)4/h3-4,7,9,11,13H,5-6,8,10H2,1-2H3,(H2,22,24,25,28);5-7,9,11H,1-4,8H2,(H2,20,22,23,25);1-2H3. The predicted molar refractivity (Wildman–Crippen MR) is 228 cm³/mol. The van der Waals surface area contributed by atoms with Gasteiger partial charge in [-0.2, -0.15) is 10.2 Å². The fraction of sp³-hybridized carbons (Fsp3) is 0.410. The highest BCUT2D eigenvalue weighted by atomic mass is 35.5.